The number of methoxy groups -OCH3 is 2. The maximum absolute atomic E-state index is 12.5. The van der Waals surface area contributed by atoms with Crippen LogP contribution >= 0.6 is 34.4 Å². The van der Waals surface area contributed by atoms with Gasteiger partial charge >= 0.3 is 5.97 Å². The lowest BCUT2D eigenvalue weighted by Crippen LogP contribution is -2.17. The molecule has 158 valence electrons. The molecular weight excluding hydrogens is 432 g/mol. The molecule has 0 saturated carbocycles. The molecule has 1 atom stereocenters. The van der Waals surface area contributed by atoms with Gasteiger partial charge in [-0.2, -0.15) is 0 Å². The average Bonchev–Trinajstić information content (AvgIpc) is 3.29. The van der Waals surface area contributed by atoms with Gasteiger partial charge in [-0.3, -0.25) is 4.79 Å². The summed E-state index contributed by atoms with van der Waals surface area (Å²) in [4.78, 5) is 26.0. The summed E-state index contributed by atoms with van der Waals surface area (Å²) < 4.78 is 10.6. The first-order valence-electron chi connectivity index (χ1n) is 9.23. The van der Waals surface area contributed by atoms with Crippen molar-refractivity contribution in [3.05, 3.63) is 16.0 Å². The Morgan fingerprint density at radius 2 is 2.10 bits per heavy atom. The van der Waals surface area contributed by atoms with Crippen molar-refractivity contribution in [2.24, 2.45) is 5.92 Å². The van der Waals surface area contributed by atoms with Crippen molar-refractivity contribution in [2.45, 2.75) is 30.5 Å². The molecule has 1 unspecified atom stereocenters. The molecule has 11 heteroatoms. The number of fused-ring (bicyclic) bond motifs is 1. The van der Waals surface area contributed by atoms with Crippen molar-refractivity contribution in [1.82, 2.24) is 10.2 Å². The van der Waals surface area contributed by atoms with Crippen LogP contribution in [0.25, 0.3) is 0 Å². The van der Waals surface area contributed by atoms with E-state index in [1.54, 1.807) is 7.11 Å². The number of anilines is 2. The molecule has 2 aromatic heterocycles. The summed E-state index contributed by atoms with van der Waals surface area (Å²) >= 11 is 4.19. The smallest absolute Gasteiger partial charge is 0.341 e. The number of nitrogens with one attached hydrogen (secondary N) is 2. The van der Waals surface area contributed by atoms with Gasteiger partial charge in [-0.15, -0.1) is 21.5 Å². The number of esters is 1. The Labute approximate surface area is 181 Å². The Hall–Kier alpha value is -1.69. The van der Waals surface area contributed by atoms with Crippen molar-refractivity contribution < 1.29 is 19.1 Å². The molecule has 0 fully saturated rings. The fraction of sp³-hybridized carbons (Fsp3) is 0.556. The summed E-state index contributed by atoms with van der Waals surface area (Å²) in [5.41, 5.74) is 1.54. The third-order valence-electron chi connectivity index (χ3n) is 4.47. The molecule has 2 aromatic rings. The number of carbonyl (C=O) groups is 2. The van der Waals surface area contributed by atoms with Gasteiger partial charge in [-0.25, -0.2) is 4.79 Å². The molecule has 2 N–H and O–H groups in total. The average molecular weight is 457 g/mol. The lowest BCUT2D eigenvalue weighted by Gasteiger charge is -2.18. The van der Waals surface area contributed by atoms with E-state index in [0.717, 1.165) is 24.8 Å². The van der Waals surface area contributed by atoms with Gasteiger partial charge in [0, 0.05) is 18.5 Å². The number of thiophene rings is 1. The summed E-state index contributed by atoms with van der Waals surface area (Å²) in [6.07, 6.45) is 2.80. The highest BCUT2D eigenvalue weighted by molar-refractivity contribution is 8.01. The van der Waals surface area contributed by atoms with Gasteiger partial charge in [-0.1, -0.05) is 30.0 Å². The summed E-state index contributed by atoms with van der Waals surface area (Å²) in [6.45, 7) is 3.43. The molecule has 8 nitrogen and oxygen atoms in total. The second-order valence-corrected chi connectivity index (χ2v) is 9.98. The lowest BCUT2D eigenvalue weighted by atomic mass is 9.88. The first kappa shape index (κ1) is 22.0. The summed E-state index contributed by atoms with van der Waals surface area (Å²) in [5.74, 6) is 0.188. The predicted molar refractivity (Wildman–Crippen MR) is 116 cm³/mol. The number of carbonyl (C=O) groups excluding carboxylic acids is 2. The van der Waals surface area contributed by atoms with Gasteiger partial charge in [-0.05, 0) is 30.7 Å². The molecule has 29 heavy (non-hydrogen) atoms. The van der Waals surface area contributed by atoms with Crippen molar-refractivity contribution in [2.75, 3.05) is 43.8 Å². The normalized spacial score (nSPS) is 15.6. The van der Waals surface area contributed by atoms with E-state index in [1.807, 2.05) is 0 Å². The largest absolute Gasteiger partial charge is 0.465 e. The van der Waals surface area contributed by atoms with Crippen molar-refractivity contribution in [3.63, 3.8) is 0 Å². The number of ether oxygens (including phenoxy) is 2. The third-order valence-corrected chi connectivity index (χ3v) is 7.65. The second kappa shape index (κ2) is 10.4. The summed E-state index contributed by atoms with van der Waals surface area (Å²) in [7, 11) is 3.00. The van der Waals surface area contributed by atoms with E-state index in [1.165, 1.54) is 46.4 Å². The first-order chi connectivity index (χ1) is 14.0. The number of aromatic nitrogens is 2. The van der Waals surface area contributed by atoms with E-state index in [9.17, 15) is 9.59 Å². The fourth-order valence-electron chi connectivity index (χ4n) is 3.05. The molecule has 1 aliphatic rings. The van der Waals surface area contributed by atoms with Crippen molar-refractivity contribution in [1.29, 1.82) is 0 Å². The van der Waals surface area contributed by atoms with Crippen LogP contribution in [0.15, 0.2) is 4.34 Å². The molecule has 0 radical (unpaired) electrons. The first-order valence-corrected chi connectivity index (χ1v) is 11.9. The Kier molecular flexibility index (Phi) is 7.87. The number of hydrogen-bond donors (Lipinski definition) is 2. The van der Waals surface area contributed by atoms with Gasteiger partial charge < -0.3 is 20.1 Å². The Morgan fingerprint density at radius 3 is 2.86 bits per heavy atom. The molecule has 1 aliphatic carbocycles. The molecule has 1 amide bonds. The van der Waals surface area contributed by atoms with Crippen LogP contribution in [0.4, 0.5) is 10.1 Å². The van der Waals surface area contributed by atoms with Crippen LogP contribution in [0.3, 0.4) is 0 Å². The monoisotopic (exact) mass is 456 g/mol. The molecular formula is C18H24N4O4S3. The quantitative estimate of drug-likeness (QED) is 0.337. The highest BCUT2D eigenvalue weighted by atomic mass is 32.2. The highest BCUT2D eigenvalue weighted by Crippen LogP contribution is 2.40. The van der Waals surface area contributed by atoms with Crippen LogP contribution in [-0.2, 0) is 27.1 Å². The van der Waals surface area contributed by atoms with E-state index in [4.69, 9.17) is 9.47 Å². The molecule has 0 saturated heterocycles. The van der Waals surface area contributed by atoms with E-state index >= 15 is 0 Å². The van der Waals surface area contributed by atoms with E-state index in [-0.39, 0.29) is 11.7 Å². The zero-order valence-electron chi connectivity index (χ0n) is 16.6. The predicted octanol–water partition coefficient (Wildman–Crippen LogP) is 3.30. The van der Waals surface area contributed by atoms with Gasteiger partial charge in [0.15, 0.2) is 4.34 Å². The van der Waals surface area contributed by atoms with Crippen LogP contribution in [-0.4, -0.2) is 55.2 Å². The molecule has 3 rings (SSSR count). The zero-order chi connectivity index (χ0) is 20.8. The maximum Gasteiger partial charge on any atom is 0.341 e. The second-order valence-electron chi connectivity index (χ2n) is 6.68. The molecule has 0 bridgehead atoms. The number of amides is 1. The molecule has 0 spiro atoms. The van der Waals surface area contributed by atoms with E-state index in [0.29, 0.717) is 39.1 Å². The lowest BCUT2D eigenvalue weighted by molar-refractivity contribution is -0.113. The minimum Gasteiger partial charge on any atom is -0.465 e. The molecule has 2 heterocycles. The maximum atomic E-state index is 12.5. The van der Waals surface area contributed by atoms with Gasteiger partial charge in [0.2, 0.25) is 11.0 Å². The minimum absolute atomic E-state index is 0.184. The number of thioether (sulfide) groups is 1. The van der Waals surface area contributed by atoms with Crippen LogP contribution in [0, 0.1) is 5.92 Å². The third kappa shape index (κ3) is 5.68. The fourth-order valence-corrected chi connectivity index (χ4v) is 6.04. The van der Waals surface area contributed by atoms with Crippen molar-refractivity contribution >= 4 is 56.4 Å². The Morgan fingerprint density at radius 1 is 1.28 bits per heavy atom. The summed E-state index contributed by atoms with van der Waals surface area (Å²) in [6, 6.07) is 0. The van der Waals surface area contributed by atoms with Crippen LogP contribution < -0.4 is 10.6 Å². The standard InChI is InChI=1S/C18H24N4O4S3/c1-10-4-5-11-12(8-10)28-15(14(11)16(24)26-3)20-13(23)9-27-18-22-21-17(29-18)19-6-7-25-2/h10H,4-9H2,1-3H3,(H,19,21)(H,20,23). The number of rotatable bonds is 9. The zero-order valence-corrected chi connectivity index (χ0v) is 19.0. The molecule has 0 aromatic carbocycles. The number of nitrogens with zero attached hydrogens (tertiary/aromatic N) is 2. The Bertz CT molecular complexity index is 867. The number of hydrogen-bond acceptors (Lipinski definition) is 10. The van der Waals surface area contributed by atoms with Crippen LogP contribution in [0.5, 0.6) is 0 Å². The van der Waals surface area contributed by atoms with E-state index in [2.05, 4.69) is 27.8 Å². The van der Waals surface area contributed by atoms with E-state index < -0.39 is 5.97 Å². The summed E-state index contributed by atoms with van der Waals surface area (Å²) in [5, 5.41) is 15.4. The Balaban J connectivity index is 1.61. The van der Waals surface area contributed by atoms with Crippen LogP contribution in [0.1, 0.15) is 34.1 Å². The highest BCUT2D eigenvalue weighted by Gasteiger charge is 2.28. The topological polar surface area (TPSA) is 102 Å². The minimum atomic E-state index is -0.393. The van der Waals surface area contributed by atoms with Crippen molar-refractivity contribution in [3.8, 4) is 0 Å². The van der Waals surface area contributed by atoms with Crippen LogP contribution in [0.2, 0.25) is 0 Å². The van der Waals surface area contributed by atoms with Gasteiger partial charge in [0.05, 0.1) is 25.0 Å². The van der Waals surface area contributed by atoms with Gasteiger partial charge in [0.1, 0.15) is 5.00 Å². The van der Waals surface area contributed by atoms with Gasteiger partial charge in [0.25, 0.3) is 0 Å². The molecule has 0 aliphatic heterocycles. The SMILES string of the molecule is COCCNc1nnc(SCC(=O)Nc2sc3c(c2C(=O)OC)CCC(C)C3)s1.